The van der Waals surface area contributed by atoms with Gasteiger partial charge in [-0.05, 0) is 24.4 Å². The summed E-state index contributed by atoms with van der Waals surface area (Å²) in [5.74, 6) is 0. The summed E-state index contributed by atoms with van der Waals surface area (Å²) in [4.78, 5) is 10.2. The Bertz CT molecular complexity index is 109. The number of carbonyl (C=O) groups excluding carboxylic acids is 1. The van der Waals surface area contributed by atoms with Gasteiger partial charge in [0.2, 0.25) is 5.24 Å². The van der Waals surface area contributed by atoms with Crippen molar-refractivity contribution in [1.82, 2.24) is 0 Å². The van der Waals surface area contributed by atoms with Crippen LogP contribution in [0, 0.1) is 0 Å². The van der Waals surface area contributed by atoms with Crippen molar-refractivity contribution in [2.75, 3.05) is 18.5 Å². The molecule has 0 bridgehead atoms. The summed E-state index contributed by atoms with van der Waals surface area (Å²) in [5.41, 5.74) is 0. The van der Waals surface area contributed by atoms with Crippen LogP contribution in [0.5, 0.6) is 0 Å². The zero-order chi connectivity index (χ0) is 8.53. The van der Waals surface area contributed by atoms with Crippen LogP contribution in [0.15, 0.2) is 0 Å². The Morgan fingerprint density at radius 2 is 2.09 bits per heavy atom. The van der Waals surface area contributed by atoms with Gasteiger partial charge in [-0.2, -0.15) is 0 Å². The third kappa shape index (κ3) is 10.4. The summed E-state index contributed by atoms with van der Waals surface area (Å²) in [6.45, 7) is 0.668. The van der Waals surface area contributed by atoms with E-state index in [4.69, 9.17) is 16.3 Å². The van der Waals surface area contributed by atoms with Gasteiger partial charge in [-0.15, -0.1) is 0 Å². The molecule has 0 rings (SSSR count). The van der Waals surface area contributed by atoms with Crippen molar-refractivity contribution in [2.24, 2.45) is 0 Å². The van der Waals surface area contributed by atoms with E-state index < -0.39 is 5.24 Å². The van der Waals surface area contributed by atoms with Crippen LogP contribution in [0.4, 0.5) is 0 Å². The fourth-order valence-electron chi connectivity index (χ4n) is 0.628. The SMILES string of the molecule is O=C(Cl)COCCCCCBr. The van der Waals surface area contributed by atoms with E-state index in [1.54, 1.807) is 0 Å². The topological polar surface area (TPSA) is 26.3 Å². The van der Waals surface area contributed by atoms with Crippen molar-refractivity contribution in [2.45, 2.75) is 19.3 Å². The molecule has 2 nitrogen and oxygen atoms in total. The number of alkyl halides is 1. The highest BCUT2D eigenvalue weighted by atomic mass is 79.9. The number of unbranched alkanes of at least 4 members (excludes halogenated alkanes) is 2. The molecule has 0 atom stereocenters. The van der Waals surface area contributed by atoms with Crippen LogP contribution in [-0.2, 0) is 9.53 Å². The van der Waals surface area contributed by atoms with Gasteiger partial charge in [-0.1, -0.05) is 22.4 Å². The van der Waals surface area contributed by atoms with Crippen LogP contribution in [0.1, 0.15) is 19.3 Å². The largest absolute Gasteiger partial charge is 0.372 e. The van der Waals surface area contributed by atoms with E-state index in [0.29, 0.717) is 6.61 Å². The lowest BCUT2D eigenvalue weighted by Crippen LogP contribution is -2.02. The molecule has 0 radical (unpaired) electrons. The average molecular weight is 244 g/mol. The summed E-state index contributed by atoms with van der Waals surface area (Å²) >= 11 is 8.37. The van der Waals surface area contributed by atoms with Gasteiger partial charge in [0.15, 0.2) is 0 Å². The smallest absolute Gasteiger partial charge is 0.247 e. The Balaban J connectivity index is 2.85. The summed E-state index contributed by atoms with van der Waals surface area (Å²) < 4.78 is 4.94. The van der Waals surface area contributed by atoms with Crippen LogP contribution in [0.25, 0.3) is 0 Å². The Hall–Kier alpha value is 0.400. The van der Waals surface area contributed by atoms with E-state index in [9.17, 15) is 4.79 Å². The highest BCUT2D eigenvalue weighted by Gasteiger charge is 1.94. The van der Waals surface area contributed by atoms with Gasteiger partial charge in [-0.3, -0.25) is 4.79 Å². The summed E-state index contributed by atoms with van der Waals surface area (Å²) in [6, 6.07) is 0. The third-order valence-corrected chi connectivity index (χ3v) is 1.81. The third-order valence-electron chi connectivity index (χ3n) is 1.14. The lowest BCUT2D eigenvalue weighted by molar-refractivity contribution is -0.115. The van der Waals surface area contributed by atoms with E-state index in [0.717, 1.165) is 24.6 Å². The van der Waals surface area contributed by atoms with E-state index in [1.807, 2.05) is 0 Å². The van der Waals surface area contributed by atoms with Gasteiger partial charge >= 0.3 is 0 Å². The Morgan fingerprint density at radius 3 is 2.64 bits per heavy atom. The number of carbonyl (C=O) groups is 1. The second-order valence-electron chi connectivity index (χ2n) is 2.16. The number of hydrogen-bond acceptors (Lipinski definition) is 2. The normalized spacial score (nSPS) is 10.0. The predicted octanol–water partition coefficient (Wildman–Crippen LogP) is 2.33. The van der Waals surface area contributed by atoms with Gasteiger partial charge in [-0.25, -0.2) is 0 Å². The monoisotopic (exact) mass is 242 g/mol. The molecule has 0 N–H and O–H groups in total. The van der Waals surface area contributed by atoms with Gasteiger partial charge in [0, 0.05) is 11.9 Å². The lowest BCUT2D eigenvalue weighted by Gasteiger charge is -1.99. The molecule has 0 spiro atoms. The zero-order valence-corrected chi connectivity index (χ0v) is 8.66. The molecule has 66 valence electrons. The molecule has 0 heterocycles. The Kier molecular flexibility index (Phi) is 8.81. The van der Waals surface area contributed by atoms with Gasteiger partial charge in [0.05, 0.1) is 0 Å². The first-order valence-electron chi connectivity index (χ1n) is 3.59. The van der Waals surface area contributed by atoms with Gasteiger partial charge in [0.25, 0.3) is 0 Å². The molecule has 0 saturated heterocycles. The second-order valence-corrected chi connectivity index (χ2v) is 3.37. The highest BCUT2D eigenvalue weighted by Crippen LogP contribution is 1.98. The minimum atomic E-state index is -0.425. The second kappa shape index (κ2) is 8.50. The molecule has 0 aromatic heterocycles. The number of rotatable bonds is 7. The maximum atomic E-state index is 10.2. The van der Waals surface area contributed by atoms with Crippen molar-refractivity contribution in [3.8, 4) is 0 Å². The molecule has 0 aromatic rings. The number of hydrogen-bond donors (Lipinski definition) is 0. The van der Waals surface area contributed by atoms with Crippen molar-refractivity contribution >= 4 is 32.8 Å². The fraction of sp³-hybridized carbons (Fsp3) is 0.857. The molecule has 11 heavy (non-hydrogen) atoms. The molecular weight excluding hydrogens is 231 g/mol. The van der Waals surface area contributed by atoms with E-state index >= 15 is 0 Å². The minimum absolute atomic E-state index is 0.0376. The van der Waals surface area contributed by atoms with E-state index in [1.165, 1.54) is 0 Å². The first-order valence-corrected chi connectivity index (χ1v) is 5.09. The van der Waals surface area contributed by atoms with E-state index in [-0.39, 0.29) is 6.61 Å². The van der Waals surface area contributed by atoms with Crippen LogP contribution in [0.3, 0.4) is 0 Å². The van der Waals surface area contributed by atoms with Crippen LogP contribution < -0.4 is 0 Å². The van der Waals surface area contributed by atoms with Crippen molar-refractivity contribution in [3.05, 3.63) is 0 Å². The summed E-state index contributed by atoms with van der Waals surface area (Å²) in [7, 11) is 0. The number of ether oxygens (including phenoxy) is 1. The van der Waals surface area contributed by atoms with Gasteiger partial charge in [0.1, 0.15) is 6.61 Å². The molecule has 0 unspecified atom stereocenters. The highest BCUT2D eigenvalue weighted by molar-refractivity contribution is 9.09. The van der Waals surface area contributed by atoms with Gasteiger partial charge < -0.3 is 4.74 Å². The fourth-order valence-corrected chi connectivity index (χ4v) is 1.10. The maximum absolute atomic E-state index is 10.2. The standard InChI is InChI=1S/C7H12BrClO2/c8-4-2-1-3-5-11-6-7(9)10/h1-6H2. The molecule has 0 amide bonds. The summed E-state index contributed by atoms with van der Waals surface area (Å²) in [6.07, 6.45) is 3.27. The Morgan fingerprint density at radius 1 is 1.36 bits per heavy atom. The van der Waals surface area contributed by atoms with Crippen LogP contribution >= 0.6 is 27.5 Å². The quantitative estimate of drug-likeness (QED) is 0.390. The molecule has 0 aliphatic carbocycles. The van der Waals surface area contributed by atoms with Crippen molar-refractivity contribution in [1.29, 1.82) is 0 Å². The average Bonchev–Trinajstić information content (AvgIpc) is 1.96. The van der Waals surface area contributed by atoms with Crippen molar-refractivity contribution in [3.63, 3.8) is 0 Å². The first-order chi connectivity index (χ1) is 5.27. The molecule has 0 aromatic carbocycles. The molecule has 0 fully saturated rings. The van der Waals surface area contributed by atoms with Crippen molar-refractivity contribution < 1.29 is 9.53 Å². The predicted molar refractivity (Wildman–Crippen MR) is 49.3 cm³/mol. The van der Waals surface area contributed by atoms with Crippen LogP contribution in [-0.4, -0.2) is 23.8 Å². The first kappa shape index (κ1) is 11.4. The van der Waals surface area contributed by atoms with Crippen LogP contribution in [0.2, 0.25) is 0 Å². The molecule has 4 heteroatoms. The minimum Gasteiger partial charge on any atom is -0.372 e. The lowest BCUT2D eigenvalue weighted by atomic mass is 10.3. The molecule has 0 saturated carbocycles. The Labute approximate surface area is 80.4 Å². The molecule has 0 aliphatic rings. The summed E-state index contributed by atoms with van der Waals surface area (Å²) in [5, 5.41) is 0.604. The number of halogens is 2. The zero-order valence-electron chi connectivity index (χ0n) is 6.32. The maximum Gasteiger partial charge on any atom is 0.247 e. The molecule has 0 aliphatic heterocycles. The molecular formula is C7H12BrClO2. The van der Waals surface area contributed by atoms with E-state index in [2.05, 4.69) is 15.9 Å².